The van der Waals surface area contributed by atoms with Crippen LogP contribution in [0.25, 0.3) is 0 Å². The summed E-state index contributed by atoms with van der Waals surface area (Å²) >= 11 is 0. The highest BCUT2D eigenvalue weighted by Gasteiger charge is 2.12. The van der Waals surface area contributed by atoms with Crippen molar-refractivity contribution in [2.24, 2.45) is 0 Å². The Morgan fingerprint density at radius 1 is 1.10 bits per heavy atom. The Morgan fingerprint density at radius 2 is 1.86 bits per heavy atom. The fraction of sp³-hybridized carbons (Fsp3) is 0.684. The Morgan fingerprint density at radius 3 is 2.52 bits per heavy atom. The van der Waals surface area contributed by atoms with E-state index in [2.05, 4.69) is 57.3 Å². The quantitative estimate of drug-likeness (QED) is 0.578. The Hall–Kier alpha value is -0.860. The first kappa shape index (κ1) is 18.2. The van der Waals surface area contributed by atoms with E-state index < -0.39 is 0 Å². The zero-order chi connectivity index (χ0) is 15.5. The lowest BCUT2D eigenvalue weighted by molar-refractivity contribution is 0.0485. The minimum absolute atomic E-state index is 0.165. The van der Waals surface area contributed by atoms with Crippen LogP contribution in [0.15, 0.2) is 24.3 Å². The number of hydrogen-bond acceptors (Lipinski definition) is 2. The molecule has 1 N–H and O–H groups in total. The van der Waals surface area contributed by atoms with Crippen LogP contribution in [0.3, 0.4) is 0 Å². The Balaban J connectivity index is 2.45. The van der Waals surface area contributed by atoms with Gasteiger partial charge in [0.1, 0.15) is 0 Å². The maximum atomic E-state index is 6.15. The van der Waals surface area contributed by atoms with Gasteiger partial charge in [-0.2, -0.15) is 0 Å². The van der Waals surface area contributed by atoms with Gasteiger partial charge in [-0.1, -0.05) is 76.3 Å². The normalized spacial score (nSPS) is 12.8. The Labute approximate surface area is 131 Å². The van der Waals surface area contributed by atoms with Crippen molar-refractivity contribution < 1.29 is 4.74 Å². The summed E-state index contributed by atoms with van der Waals surface area (Å²) in [7, 11) is 0. The maximum absolute atomic E-state index is 6.15. The van der Waals surface area contributed by atoms with Crippen LogP contribution in [0, 0.1) is 6.92 Å². The number of aryl methyl sites for hydroxylation is 1. The largest absolute Gasteiger partial charge is 0.372 e. The van der Waals surface area contributed by atoms with E-state index in [9.17, 15) is 0 Å². The zero-order valence-electron chi connectivity index (χ0n) is 14.3. The molecule has 2 nitrogen and oxygen atoms in total. The van der Waals surface area contributed by atoms with Crippen molar-refractivity contribution in [3.63, 3.8) is 0 Å². The Kier molecular flexibility index (Phi) is 9.36. The fourth-order valence-corrected chi connectivity index (χ4v) is 2.42. The molecule has 0 radical (unpaired) electrons. The SMILES string of the molecule is CCCCCCCOC(CNC(C)C)c1cccc(C)c1. The fourth-order valence-electron chi connectivity index (χ4n) is 2.42. The minimum Gasteiger partial charge on any atom is -0.372 e. The molecule has 0 fully saturated rings. The van der Waals surface area contributed by atoms with Crippen LogP contribution in [0.4, 0.5) is 0 Å². The van der Waals surface area contributed by atoms with Crippen molar-refractivity contribution in [1.29, 1.82) is 0 Å². The zero-order valence-corrected chi connectivity index (χ0v) is 14.3. The molecular weight excluding hydrogens is 258 g/mol. The van der Waals surface area contributed by atoms with Crippen LogP contribution < -0.4 is 5.32 Å². The molecule has 21 heavy (non-hydrogen) atoms. The molecule has 2 heteroatoms. The lowest BCUT2D eigenvalue weighted by atomic mass is 10.1. The average Bonchev–Trinajstić information content (AvgIpc) is 2.45. The van der Waals surface area contributed by atoms with Crippen LogP contribution >= 0.6 is 0 Å². The standard InChI is InChI=1S/C19H33NO/c1-5-6-7-8-9-13-21-19(15-20-16(2)3)18-12-10-11-17(4)14-18/h10-12,14,16,19-20H,5-9,13,15H2,1-4H3. The van der Waals surface area contributed by atoms with Gasteiger partial charge in [-0.15, -0.1) is 0 Å². The van der Waals surface area contributed by atoms with E-state index in [1.165, 1.54) is 43.2 Å². The molecule has 0 saturated carbocycles. The second-order valence-corrected chi connectivity index (χ2v) is 6.25. The van der Waals surface area contributed by atoms with Gasteiger partial charge in [-0.25, -0.2) is 0 Å². The molecule has 0 aliphatic carbocycles. The van der Waals surface area contributed by atoms with E-state index in [1.807, 2.05) is 0 Å². The van der Waals surface area contributed by atoms with Crippen molar-refractivity contribution in [2.45, 2.75) is 71.9 Å². The predicted molar refractivity (Wildman–Crippen MR) is 91.8 cm³/mol. The molecule has 0 amide bonds. The smallest absolute Gasteiger partial charge is 0.0949 e. The van der Waals surface area contributed by atoms with Gasteiger partial charge in [0.25, 0.3) is 0 Å². The summed E-state index contributed by atoms with van der Waals surface area (Å²) in [6, 6.07) is 9.17. The molecule has 120 valence electrons. The summed E-state index contributed by atoms with van der Waals surface area (Å²) in [5.41, 5.74) is 2.59. The molecule has 1 rings (SSSR count). The molecule has 1 unspecified atom stereocenters. The molecule has 0 aliphatic heterocycles. The van der Waals surface area contributed by atoms with Gasteiger partial charge >= 0.3 is 0 Å². The molecule has 0 saturated heterocycles. The number of benzene rings is 1. The number of ether oxygens (including phenoxy) is 1. The summed E-state index contributed by atoms with van der Waals surface area (Å²) < 4.78 is 6.15. The van der Waals surface area contributed by atoms with Gasteiger partial charge < -0.3 is 10.1 Å². The van der Waals surface area contributed by atoms with Crippen molar-refractivity contribution in [3.8, 4) is 0 Å². The molecule has 0 spiro atoms. The minimum atomic E-state index is 0.165. The van der Waals surface area contributed by atoms with Gasteiger partial charge in [-0.05, 0) is 18.9 Å². The first-order chi connectivity index (χ1) is 10.1. The van der Waals surface area contributed by atoms with Crippen molar-refractivity contribution >= 4 is 0 Å². The van der Waals surface area contributed by atoms with Crippen molar-refractivity contribution in [3.05, 3.63) is 35.4 Å². The van der Waals surface area contributed by atoms with E-state index in [-0.39, 0.29) is 6.10 Å². The molecule has 1 aromatic carbocycles. The van der Waals surface area contributed by atoms with Crippen molar-refractivity contribution in [2.75, 3.05) is 13.2 Å². The monoisotopic (exact) mass is 291 g/mol. The van der Waals surface area contributed by atoms with E-state index in [4.69, 9.17) is 4.74 Å². The van der Waals surface area contributed by atoms with Gasteiger partial charge in [-0.3, -0.25) is 0 Å². The van der Waals surface area contributed by atoms with Crippen LogP contribution in [0.2, 0.25) is 0 Å². The number of unbranched alkanes of at least 4 members (excludes halogenated alkanes) is 4. The Bertz CT molecular complexity index is 376. The lowest BCUT2D eigenvalue weighted by Gasteiger charge is -2.21. The summed E-state index contributed by atoms with van der Waals surface area (Å²) in [4.78, 5) is 0. The third kappa shape index (κ3) is 8.23. The lowest BCUT2D eigenvalue weighted by Crippen LogP contribution is -2.29. The summed E-state index contributed by atoms with van der Waals surface area (Å²) in [5.74, 6) is 0. The molecule has 0 aromatic heterocycles. The molecule has 0 bridgehead atoms. The number of hydrogen-bond donors (Lipinski definition) is 1. The highest BCUT2D eigenvalue weighted by Crippen LogP contribution is 2.19. The van der Waals surface area contributed by atoms with Gasteiger partial charge in [0.15, 0.2) is 0 Å². The highest BCUT2D eigenvalue weighted by atomic mass is 16.5. The molecular formula is C19H33NO. The van der Waals surface area contributed by atoms with E-state index in [0.717, 1.165) is 13.2 Å². The van der Waals surface area contributed by atoms with Crippen molar-refractivity contribution in [1.82, 2.24) is 5.32 Å². The van der Waals surface area contributed by atoms with Crippen LogP contribution in [0.5, 0.6) is 0 Å². The van der Waals surface area contributed by atoms with E-state index in [0.29, 0.717) is 6.04 Å². The predicted octanol–water partition coefficient (Wildman–Crippen LogP) is 5.02. The molecule has 1 atom stereocenters. The molecule has 0 heterocycles. The summed E-state index contributed by atoms with van der Waals surface area (Å²) in [5, 5.41) is 3.50. The third-order valence-corrected chi connectivity index (χ3v) is 3.69. The van der Waals surface area contributed by atoms with Gasteiger partial charge in [0.05, 0.1) is 6.10 Å². The van der Waals surface area contributed by atoms with Crippen LogP contribution in [-0.2, 0) is 4.74 Å². The second kappa shape index (κ2) is 10.8. The van der Waals surface area contributed by atoms with Crippen LogP contribution in [-0.4, -0.2) is 19.2 Å². The molecule has 1 aromatic rings. The molecule has 0 aliphatic rings. The summed E-state index contributed by atoms with van der Waals surface area (Å²) in [6.07, 6.45) is 6.59. The first-order valence-electron chi connectivity index (χ1n) is 8.55. The number of nitrogens with one attached hydrogen (secondary N) is 1. The topological polar surface area (TPSA) is 21.3 Å². The third-order valence-electron chi connectivity index (χ3n) is 3.69. The second-order valence-electron chi connectivity index (χ2n) is 6.25. The average molecular weight is 291 g/mol. The van der Waals surface area contributed by atoms with Gasteiger partial charge in [0.2, 0.25) is 0 Å². The highest BCUT2D eigenvalue weighted by molar-refractivity contribution is 5.24. The van der Waals surface area contributed by atoms with E-state index in [1.54, 1.807) is 0 Å². The van der Waals surface area contributed by atoms with Crippen LogP contribution in [0.1, 0.15) is 70.1 Å². The summed E-state index contributed by atoms with van der Waals surface area (Å²) in [6.45, 7) is 10.5. The first-order valence-corrected chi connectivity index (χ1v) is 8.55. The number of rotatable bonds is 11. The van der Waals surface area contributed by atoms with E-state index >= 15 is 0 Å². The maximum Gasteiger partial charge on any atom is 0.0949 e. The van der Waals surface area contributed by atoms with Gasteiger partial charge in [0, 0.05) is 19.2 Å².